The summed E-state index contributed by atoms with van der Waals surface area (Å²) in [6.45, 7) is 0.797. The van der Waals surface area contributed by atoms with Crippen LogP contribution in [0.3, 0.4) is 0 Å². The summed E-state index contributed by atoms with van der Waals surface area (Å²) in [6.07, 6.45) is 6.21. The molecule has 0 aliphatic carbocycles. The van der Waals surface area contributed by atoms with Crippen LogP contribution in [-0.2, 0) is 16.6 Å². The normalized spacial score (nSPS) is 18.8. The molecule has 2 heterocycles. The van der Waals surface area contributed by atoms with Crippen molar-refractivity contribution in [1.29, 1.82) is 5.26 Å². The van der Waals surface area contributed by atoms with Crippen molar-refractivity contribution in [2.75, 3.05) is 11.9 Å². The Morgan fingerprint density at radius 1 is 1.68 bits per heavy atom. The maximum atomic E-state index is 11.8. The van der Waals surface area contributed by atoms with Crippen LogP contribution in [0.2, 0.25) is 0 Å². The van der Waals surface area contributed by atoms with E-state index in [1.807, 2.05) is 6.07 Å². The molecule has 1 amide bonds. The molecule has 2 rings (SSSR count). The SMILES string of the molecule is Cn1cc(C#N)c(NC(=O)CCC2CCCCO2)n1. The van der Waals surface area contributed by atoms with E-state index in [0.717, 1.165) is 25.9 Å². The van der Waals surface area contributed by atoms with Crippen LogP contribution in [0.1, 0.15) is 37.7 Å². The Morgan fingerprint density at radius 3 is 3.21 bits per heavy atom. The first-order chi connectivity index (χ1) is 9.19. The summed E-state index contributed by atoms with van der Waals surface area (Å²) >= 11 is 0. The van der Waals surface area contributed by atoms with Crippen LogP contribution >= 0.6 is 0 Å². The first kappa shape index (κ1) is 13.6. The number of aromatic nitrogens is 2. The number of anilines is 1. The lowest BCUT2D eigenvalue weighted by molar-refractivity contribution is -0.117. The van der Waals surface area contributed by atoms with Gasteiger partial charge in [0.15, 0.2) is 5.82 Å². The highest BCUT2D eigenvalue weighted by Crippen LogP contribution is 2.18. The van der Waals surface area contributed by atoms with E-state index < -0.39 is 0 Å². The van der Waals surface area contributed by atoms with Crippen LogP contribution < -0.4 is 5.32 Å². The molecule has 1 saturated heterocycles. The number of ether oxygens (including phenoxy) is 1. The van der Waals surface area contributed by atoms with Crippen molar-refractivity contribution in [2.45, 2.75) is 38.2 Å². The fraction of sp³-hybridized carbons (Fsp3) is 0.615. The molecule has 0 aromatic carbocycles. The van der Waals surface area contributed by atoms with Gasteiger partial charge in [0, 0.05) is 26.3 Å². The Bertz CT molecular complexity index is 483. The van der Waals surface area contributed by atoms with Gasteiger partial charge in [-0.05, 0) is 25.7 Å². The summed E-state index contributed by atoms with van der Waals surface area (Å²) in [4.78, 5) is 11.8. The number of hydrogen-bond acceptors (Lipinski definition) is 4. The highest BCUT2D eigenvalue weighted by molar-refractivity contribution is 5.90. The highest BCUT2D eigenvalue weighted by atomic mass is 16.5. The molecule has 0 spiro atoms. The van der Waals surface area contributed by atoms with Gasteiger partial charge in [0.25, 0.3) is 0 Å². The van der Waals surface area contributed by atoms with E-state index in [1.165, 1.54) is 11.1 Å². The number of carbonyl (C=O) groups is 1. The van der Waals surface area contributed by atoms with Crippen LogP contribution in [0.4, 0.5) is 5.82 Å². The largest absolute Gasteiger partial charge is 0.378 e. The van der Waals surface area contributed by atoms with Crippen LogP contribution in [0.5, 0.6) is 0 Å². The van der Waals surface area contributed by atoms with E-state index in [4.69, 9.17) is 10.00 Å². The third-order valence-electron chi connectivity index (χ3n) is 3.17. The maximum Gasteiger partial charge on any atom is 0.225 e. The van der Waals surface area contributed by atoms with Gasteiger partial charge in [0.1, 0.15) is 11.6 Å². The molecule has 1 aliphatic rings. The molecule has 6 heteroatoms. The van der Waals surface area contributed by atoms with Crippen molar-refractivity contribution in [3.8, 4) is 6.07 Å². The third kappa shape index (κ3) is 3.80. The second kappa shape index (κ2) is 6.34. The number of nitrogens with zero attached hydrogens (tertiary/aromatic N) is 3. The molecular formula is C13H18N4O2. The molecule has 6 nitrogen and oxygen atoms in total. The zero-order valence-corrected chi connectivity index (χ0v) is 11.1. The molecule has 1 aromatic heterocycles. The van der Waals surface area contributed by atoms with Gasteiger partial charge in [-0.2, -0.15) is 10.4 Å². The summed E-state index contributed by atoms with van der Waals surface area (Å²) in [7, 11) is 1.71. The predicted octanol–water partition coefficient (Wildman–Crippen LogP) is 1.58. The summed E-state index contributed by atoms with van der Waals surface area (Å²) in [6, 6.07) is 2.00. The summed E-state index contributed by atoms with van der Waals surface area (Å²) in [5.41, 5.74) is 0.379. The van der Waals surface area contributed by atoms with Gasteiger partial charge in [0.2, 0.25) is 5.91 Å². The van der Waals surface area contributed by atoms with Crippen LogP contribution in [0.15, 0.2) is 6.20 Å². The van der Waals surface area contributed by atoms with Crippen LogP contribution in [0, 0.1) is 11.3 Å². The Hall–Kier alpha value is -1.87. The molecular weight excluding hydrogens is 244 g/mol. The zero-order valence-electron chi connectivity index (χ0n) is 11.1. The summed E-state index contributed by atoms with van der Waals surface area (Å²) in [5, 5.41) is 15.6. The monoisotopic (exact) mass is 262 g/mol. The number of hydrogen-bond donors (Lipinski definition) is 1. The van der Waals surface area contributed by atoms with E-state index in [9.17, 15) is 4.79 Å². The molecule has 0 radical (unpaired) electrons. The van der Waals surface area contributed by atoms with Gasteiger partial charge in [0.05, 0.1) is 6.10 Å². The Morgan fingerprint density at radius 2 is 2.53 bits per heavy atom. The number of carbonyl (C=O) groups excluding carboxylic acids is 1. The Kier molecular flexibility index (Phi) is 4.53. The van der Waals surface area contributed by atoms with Crippen molar-refractivity contribution in [3.05, 3.63) is 11.8 Å². The molecule has 1 fully saturated rings. The molecule has 102 valence electrons. The minimum Gasteiger partial charge on any atom is -0.378 e. The van der Waals surface area contributed by atoms with E-state index >= 15 is 0 Å². The van der Waals surface area contributed by atoms with E-state index in [2.05, 4.69) is 10.4 Å². The molecule has 1 N–H and O–H groups in total. The van der Waals surface area contributed by atoms with E-state index in [1.54, 1.807) is 13.2 Å². The molecule has 0 bridgehead atoms. The van der Waals surface area contributed by atoms with E-state index in [0.29, 0.717) is 17.8 Å². The topological polar surface area (TPSA) is 79.9 Å². The van der Waals surface area contributed by atoms with Crippen molar-refractivity contribution in [3.63, 3.8) is 0 Å². The van der Waals surface area contributed by atoms with Gasteiger partial charge >= 0.3 is 0 Å². The summed E-state index contributed by atoms with van der Waals surface area (Å²) < 4.78 is 7.09. The number of nitrogens with one attached hydrogen (secondary N) is 1. The zero-order chi connectivity index (χ0) is 13.7. The van der Waals surface area contributed by atoms with Gasteiger partial charge in [-0.15, -0.1) is 0 Å². The standard InChI is InChI=1S/C13H18N4O2/c1-17-9-10(8-14)13(16-17)15-12(18)6-5-11-4-2-3-7-19-11/h9,11H,2-7H2,1H3,(H,15,16,18). The number of nitriles is 1. The third-order valence-corrected chi connectivity index (χ3v) is 3.17. The van der Waals surface area contributed by atoms with Crippen molar-refractivity contribution in [1.82, 2.24) is 9.78 Å². The van der Waals surface area contributed by atoms with Crippen LogP contribution in [0.25, 0.3) is 0 Å². The Labute approximate surface area is 112 Å². The minimum atomic E-state index is -0.121. The molecule has 1 aromatic rings. The quantitative estimate of drug-likeness (QED) is 0.893. The predicted molar refractivity (Wildman–Crippen MR) is 69.4 cm³/mol. The summed E-state index contributed by atoms with van der Waals surface area (Å²) in [5.74, 6) is 0.212. The van der Waals surface area contributed by atoms with Crippen molar-refractivity contribution >= 4 is 11.7 Å². The van der Waals surface area contributed by atoms with Gasteiger partial charge in [-0.1, -0.05) is 0 Å². The molecule has 1 aliphatic heterocycles. The second-order valence-corrected chi connectivity index (χ2v) is 4.75. The lowest BCUT2D eigenvalue weighted by Crippen LogP contribution is -2.22. The minimum absolute atomic E-state index is 0.121. The number of amides is 1. The van der Waals surface area contributed by atoms with Crippen molar-refractivity contribution < 1.29 is 9.53 Å². The molecule has 1 unspecified atom stereocenters. The Balaban J connectivity index is 1.82. The molecule has 0 saturated carbocycles. The first-order valence-corrected chi connectivity index (χ1v) is 6.54. The van der Waals surface area contributed by atoms with Gasteiger partial charge < -0.3 is 10.1 Å². The average Bonchev–Trinajstić information content (AvgIpc) is 2.77. The van der Waals surface area contributed by atoms with E-state index in [-0.39, 0.29) is 12.0 Å². The lowest BCUT2D eigenvalue weighted by Gasteiger charge is -2.22. The number of rotatable bonds is 4. The average molecular weight is 262 g/mol. The maximum absolute atomic E-state index is 11.8. The van der Waals surface area contributed by atoms with Gasteiger partial charge in [-0.25, -0.2) is 0 Å². The lowest BCUT2D eigenvalue weighted by atomic mass is 10.0. The molecule has 1 atom stereocenters. The van der Waals surface area contributed by atoms with Gasteiger partial charge in [-0.3, -0.25) is 9.48 Å². The first-order valence-electron chi connectivity index (χ1n) is 6.54. The van der Waals surface area contributed by atoms with Crippen molar-refractivity contribution in [2.24, 2.45) is 7.05 Å². The highest BCUT2D eigenvalue weighted by Gasteiger charge is 2.16. The molecule has 19 heavy (non-hydrogen) atoms. The smallest absolute Gasteiger partial charge is 0.225 e. The second-order valence-electron chi connectivity index (χ2n) is 4.75. The fourth-order valence-electron chi connectivity index (χ4n) is 2.18. The number of aryl methyl sites for hydroxylation is 1. The fourth-order valence-corrected chi connectivity index (χ4v) is 2.18. The van der Waals surface area contributed by atoms with Crippen LogP contribution in [-0.4, -0.2) is 28.4 Å².